The quantitative estimate of drug-likeness (QED) is 0.864. The molecule has 0 aliphatic heterocycles. The molecule has 0 saturated carbocycles. The van der Waals surface area contributed by atoms with Crippen molar-refractivity contribution in [2.24, 2.45) is 0 Å². The minimum Gasteiger partial charge on any atom is -0.378 e. The van der Waals surface area contributed by atoms with E-state index in [-0.39, 0.29) is 11.5 Å². The molecule has 0 spiro atoms. The van der Waals surface area contributed by atoms with Gasteiger partial charge < -0.3 is 9.72 Å². The van der Waals surface area contributed by atoms with Gasteiger partial charge >= 0.3 is 0 Å². The average Bonchev–Trinajstić information content (AvgIpc) is 2.12. The van der Waals surface area contributed by atoms with Crippen molar-refractivity contribution >= 4 is 22.6 Å². The molecule has 0 bridgehead atoms. The molecule has 0 saturated heterocycles. The lowest BCUT2D eigenvalue weighted by atomic mass is 10.2. The van der Waals surface area contributed by atoms with E-state index in [1.165, 1.54) is 0 Å². The molecule has 1 N–H and O–H groups in total. The van der Waals surface area contributed by atoms with Gasteiger partial charge in [0.25, 0.3) is 5.56 Å². The Balaban J connectivity index is 3.21. The highest BCUT2D eigenvalue weighted by Crippen LogP contribution is 2.11. The molecule has 78 valence electrons. The summed E-state index contributed by atoms with van der Waals surface area (Å²) < 4.78 is 5.58. The smallest absolute Gasteiger partial charge is 0.264 e. The maximum absolute atomic E-state index is 11.5. The van der Waals surface area contributed by atoms with Crippen molar-refractivity contribution in [2.75, 3.05) is 7.11 Å². The summed E-state index contributed by atoms with van der Waals surface area (Å²) in [6.45, 7) is 4.35. The summed E-state index contributed by atoms with van der Waals surface area (Å²) >= 11 is 1.98. The van der Waals surface area contributed by atoms with E-state index >= 15 is 0 Å². The standard InChI is InChI=1S/C9H13IN2O2/c1-5(2)8-11-6(4-14-3)7(10)9(13)12-8/h5H,4H2,1-3H3,(H,11,12,13). The fraction of sp³-hybridized carbons (Fsp3) is 0.556. The molecule has 1 rings (SSSR count). The molecule has 1 aromatic rings. The lowest BCUT2D eigenvalue weighted by Gasteiger charge is -2.07. The SMILES string of the molecule is COCc1nc(C(C)C)[nH]c(=O)c1I. The second-order valence-corrected chi connectivity index (χ2v) is 4.38. The molecule has 1 aromatic heterocycles. The van der Waals surface area contributed by atoms with Gasteiger partial charge in [0.1, 0.15) is 9.39 Å². The van der Waals surface area contributed by atoms with Crippen LogP contribution in [0, 0.1) is 3.57 Å². The number of H-pyrrole nitrogens is 1. The normalized spacial score (nSPS) is 10.9. The van der Waals surface area contributed by atoms with Gasteiger partial charge in [-0.2, -0.15) is 0 Å². The third-order valence-electron chi connectivity index (χ3n) is 1.78. The van der Waals surface area contributed by atoms with Crippen molar-refractivity contribution in [3.8, 4) is 0 Å². The molecule has 0 aliphatic carbocycles. The molecule has 0 aromatic carbocycles. The maximum atomic E-state index is 11.5. The molecule has 0 fully saturated rings. The summed E-state index contributed by atoms with van der Waals surface area (Å²) in [5, 5.41) is 0. The van der Waals surface area contributed by atoms with Gasteiger partial charge in [-0.1, -0.05) is 13.8 Å². The fourth-order valence-electron chi connectivity index (χ4n) is 1.03. The summed E-state index contributed by atoms with van der Waals surface area (Å²) in [5.74, 6) is 0.928. The van der Waals surface area contributed by atoms with Gasteiger partial charge in [-0.15, -0.1) is 0 Å². The van der Waals surface area contributed by atoms with Crippen LogP contribution in [0.4, 0.5) is 0 Å². The van der Waals surface area contributed by atoms with Crippen LogP contribution in [0.25, 0.3) is 0 Å². The number of halogens is 1. The number of aromatic amines is 1. The van der Waals surface area contributed by atoms with Gasteiger partial charge in [0.05, 0.1) is 12.3 Å². The number of nitrogens with zero attached hydrogens (tertiary/aromatic N) is 1. The van der Waals surface area contributed by atoms with Crippen LogP contribution in [0.15, 0.2) is 4.79 Å². The lowest BCUT2D eigenvalue weighted by molar-refractivity contribution is 0.180. The van der Waals surface area contributed by atoms with Gasteiger partial charge in [0.15, 0.2) is 0 Å². The lowest BCUT2D eigenvalue weighted by Crippen LogP contribution is -2.19. The van der Waals surface area contributed by atoms with E-state index in [1.54, 1.807) is 7.11 Å². The van der Waals surface area contributed by atoms with Crippen LogP contribution < -0.4 is 5.56 Å². The van der Waals surface area contributed by atoms with Crippen LogP contribution in [0.3, 0.4) is 0 Å². The van der Waals surface area contributed by atoms with Crippen molar-refractivity contribution in [3.63, 3.8) is 0 Å². The highest BCUT2D eigenvalue weighted by Gasteiger charge is 2.10. The molecule has 0 atom stereocenters. The van der Waals surface area contributed by atoms with E-state index in [2.05, 4.69) is 9.97 Å². The molecule has 14 heavy (non-hydrogen) atoms. The monoisotopic (exact) mass is 308 g/mol. The fourth-order valence-corrected chi connectivity index (χ4v) is 1.44. The number of hydrogen-bond acceptors (Lipinski definition) is 3. The van der Waals surface area contributed by atoms with E-state index in [1.807, 2.05) is 36.4 Å². The Morgan fingerprint density at radius 2 is 2.21 bits per heavy atom. The summed E-state index contributed by atoms with van der Waals surface area (Å²) in [5.41, 5.74) is 0.622. The zero-order chi connectivity index (χ0) is 10.7. The average molecular weight is 308 g/mol. The predicted octanol–water partition coefficient (Wildman–Crippen LogP) is 1.64. The Morgan fingerprint density at radius 3 is 2.71 bits per heavy atom. The van der Waals surface area contributed by atoms with Crippen molar-refractivity contribution in [3.05, 3.63) is 25.4 Å². The highest BCUT2D eigenvalue weighted by atomic mass is 127. The summed E-state index contributed by atoms with van der Waals surface area (Å²) in [7, 11) is 1.59. The van der Waals surface area contributed by atoms with Crippen LogP contribution in [0.1, 0.15) is 31.3 Å². The van der Waals surface area contributed by atoms with Gasteiger partial charge in [0.2, 0.25) is 0 Å². The largest absolute Gasteiger partial charge is 0.378 e. The first-order valence-electron chi connectivity index (χ1n) is 4.33. The zero-order valence-electron chi connectivity index (χ0n) is 8.43. The van der Waals surface area contributed by atoms with E-state index < -0.39 is 0 Å². The van der Waals surface area contributed by atoms with Gasteiger partial charge in [-0.3, -0.25) is 4.79 Å². The Labute approximate surface area is 96.2 Å². The minimum atomic E-state index is -0.0867. The molecule has 4 nitrogen and oxygen atoms in total. The molecule has 0 aliphatic rings. The van der Waals surface area contributed by atoms with Crippen LogP contribution in [0.5, 0.6) is 0 Å². The Kier molecular flexibility index (Phi) is 4.06. The number of ether oxygens (including phenoxy) is 1. The summed E-state index contributed by atoms with van der Waals surface area (Å²) in [6.07, 6.45) is 0. The van der Waals surface area contributed by atoms with Crippen LogP contribution in [-0.2, 0) is 11.3 Å². The Hall–Kier alpha value is -0.430. The van der Waals surface area contributed by atoms with E-state index in [0.717, 1.165) is 0 Å². The minimum absolute atomic E-state index is 0.0867. The maximum Gasteiger partial charge on any atom is 0.264 e. The molecule has 1 heterocycles. The van der Waals surface area contributed by atoms with Gasteiger partial charge in [-0.05, 0) is 22.6 Å². The number of nitrogens with one attached hydrogen (secondary N) is 1. The number of methoxy groups -OCH3 is 1. The highest BCUT2D eigenvalue weighted by molar-refractivity contribution is 14.1. The van der Waals surface area contributed by atoms with Gasteiger partial charge in [-0.25, -0.2) is 4.98 Å². The van der Waals surface area contributed by atoms with Crippen LogP contribution in [-0.4, -0.2) is 17.1 Å². The third-order valence-corrected chi connectivity index (χ3v) is 2.89. The second kappa shape index (κ2) is 4.88. The van der Waals surface area contributed by atoms with Gasteiger partial charge in [0, 0.05) is 13.0 Å². The molecule has 0 amide bonds. The molecule has 5 heteroatoms. The number of aromatic nitrogens is 2. The molecular weight excluding hydrogens is 295 g/mol. The number of rotatable bonds is 3. The topological polar surface area (TPSA) is 55.0 Å². The molecule has 0 unspecified atom stereocenters. The Morgan fingerprint density at radius 1 is 1.57 bits per heavy atom. The second-order valence-electron chi connectivity index (χ2n) is 3.30. The van der Waals surface area contributed by atoms with Crippen molar-refractivity contribution in [1.29, 1.82) is 0 Å². The van der Waals surface area contributed by atoms with E-state index in [9.17, 15) is 4.79 Å². The molecule has 0 radical (unpaired) electrons. The summed E-state index contributed by atoms with van der Waals surface area (Å²) in [4.78, 5) is 18.6. The van der Waals surface area contributed by atoms with E-state index in [4.69, 9.17) is 4.74 Å². The summed E-state index contributed by atoms with van der Waals surface area (Å²) in [6, 6.07) is 0. The Bertz CT molecular complexity index is 374. The third kappa shape index (κ3) is 2.54. The molecular formula is C9H13IN2O2. The van der Waals surface area contributed by atoms with E-state index in [0.29, 0.717) is 21.7 Å². The first-order valence-corrected chi connectivity index (χ1v) is 5.41. The predicted molar refractivity (Wildman–Crippen MR) is 62.4 cm³/mol. The zero-order valence-corrected chi connectivity index (χ0v) is 10.6. The van der Waals surface area contributed by atoms with Crippen LogP contribution in [0.2, 0.25) is 0 Å². The van der Waals surface area contributed by atoms with Crippen molar-refractivity contribution in [1.82, 2.24) is 9.97 Å². The number of hydrogen-bond donors (Lipinski definition) is 1. The first kappa shape index (κ1) is 11.6. The van der Waals surface area contributed by atoms with Crippen LogP contribution >= 0.6 is 22.6 Å². The first-order chi connectivity index (χ1) is 6.56. The van der Waals surface area contributed by atoms with Crippen molar-refractivity contribution < 1.29 is 4.74 Å². The van der Waals surface area contributed by atoms with Crippen molar-refractivity contribution in [2.45, 2.75) is 26.4 Å².